The molecule has 0 amide bonds. The van der Waals surface area contributed by atoms with Gasteiger partial charge in [-0.05, 0) is 54.6 Å². The molecule has 9 heteroatoms. The highest BCUT2D eigenvalue weighted by molar-refractivity contribution is 7.14. The third kappa shape index (κ3) is 4.91. The van der Waals surface area contributed by atoms with Gasteiger partial charge in [0.2, 0.25) is 0 Å². The van der Waals surface area contributed by atoms with E-state index < -0.39 is 0 Å². The van der Waals surface area contributed by atoms with Crippen LogP contribution in [-0.2, 0) is 6.54 Å². The van der Waals surface area contributed by atoms with Gasteiger partial charge in [-0.3, -0.25) is 10.1 Å². The first-order valence-corrected chi connectivity index (χ1v) is 10.9. The van der Waals surface area contributed by atoms with Gasteiger partial charge in [0.05, 0.1) is 18.7 Å². The molecule has 4 rings (SSSR count). The van der Waals surface area contributed by atoms with Crippen LogP contribution in [0.5, 0.6) is 5.75 Å². The maximum absolute atomic E-state index is 5.19. The van der Waals surface area contributed by atoms with Crippen molar-refractivity contribution in [2.75, 3.05) is 32.1 Å². The molecule has 0 aliphatic carbocycles. The van der Waals surface area contributed by atoms with Crippen molar-refractivity contribution in [2.45, 2.75) is 25.4 Å². The molecule has 3 aromatic rings. The fourth-order valence-electron chi connectivity index (χ4n) is 3.49. The predicted octanol–water partition coefficient (Wildman–Crippen LogP) is 2.88. The molecule has 1 aliphatic rings. The summed E-state index contributed by atoms with van der Waals surface area (Å²) < 4.78 is 5.19. The minimum atomic E-state index is 0.414. The molecule has 1 aliphatic heterocycles. The highest BCUT2D eigenvalue weighted by Gasteiger charge is 2.20. The average molecular weight is 426 g/mol. The van der Waals surface area contributed by atoms with E-state index in [1.165, 1.54) is 5.00 Å². The Morgan fingerprint density at radius 2 is 2.07 bits per heavy atom. The molecule has 0 radical (unpaired) electrons. The Kier molecular flexibility index (Phi) is 6.48. The van der Waals surface area contributed by atoms with Crippen LogP contribution in [0.1, 0.15) is 18.7 Å². The number of hydrogen-bond donors (Lipinski definition) is 3. The Labute approximate surface area is 180 Å². The Morgan fingerprint density at radius 1 is 1.27 bits per heavy atom. The predicted molar refractivity (Wildman–Crippen MR) is 121 cm³/mol. The molecule has 1 saturated heterocycles. The largest absolute Gasteiger partial charge is 0.497 e. The van der Waals surface area contributed by atoms with E-state index in [0.717, 1.165) is 49.0 Å². The molecule has 8 nitrogen and oxygen atoms in total. The number of nitrogens with zero attached hydrogens (tertiary/aromatic N) is 4. The van der Waals surface area contributed by atoms with Gasteiger partial charge in [-0.25, -0.2) is 4.98 Å². The number of methoxy groups -OCH3 is 1. The Balaban J connectivity index is 1.26. The van der Waals surface area contributed by atoms with Crippen molar-refractivity contribution >= 4 is 22.3 Å². The number of guanidine groups is 1. The summed E-state index contributed by atoms with van der Waals surface area (Å²) in [5, 5.41) is 17.7. The summed E-state index contributed by atoms with van der Waals surface area (Å²) >= 11 is 1.80. The molecule has 0 unspecified atom stereocenters. The van der Waals surface area contributed by atoms with Crippen LogP contribution in [0.2, 0.25) is 0 Å². The van der Waals surface area contributed by atoms with Gasteiger partial charge in [0, 0.05) is 31.7 Å². The number of aliphatic imine (C=N–C) groups is 1. The molecule has 0 spiro atoms. The maximum atomic E-state index is 5.19. The molecular weight excluding hydrogens is 398 g/mol. The maximum Gasteiger partial charge on any atom is 0.191 e. The lowest BCUT2D eigenvalue weighted by atomic mass is 10.1. The minimum absolute atomic E-state index is 0.414. The number of H-pyrrole nitrogens is 1. The van der Waals surface area contributed by atoms with E-state index in [0.29, 0.717) is 18.4 Å². The van der Waals surface area contributed by atoms with E-state index in [2.05, 4.69) is 53.2 Å². The van der Waals surface area contributed by atoms with E-state index in [1.807, 2.05) is 24.3 Å². The number of benzene rings is 1. The van der Waals surface area contributed by atoms with E-state index in [1.54, 1.807) is 25.5 Å². The lowest BCUT2D eigenvalue weighted by Crippen LogP contribution is -2.48. The van der Waals surface area contributed by atoms with Crippen LogP contribution in [0.4, 0.5) is 5.00 Å². The molecule has 1 fully saturated rings. The Hall–Kier alpha value is -3.07. The SMILES string of the molecule is CN=C(NCc1nc(-c2ccc(OC)cc2)n[nH]1)NC1CCN(c2cccs2)CC1. The molecule has 3 N–H and O–H groups in total. The monoisotopic (exact) mass is 425 g/mol. The highest BCUT2D eigenvalue weighted by Crippen LogP contribution is 2.24. The van der Waals surface area contributed by atoms with Crippen molar-refractivity contribution in [1.82, 2.24) is 25.8 Å². The van der Waals surface area contributed by atoms with Gasteiger partial charge in [-0.2, -0.15) is 5.10 Å². The quantitative estimate of drug-likeness (QED) is 0.416. The number of piperidine rings is 1. The average Bonchev–Trinajstić information content (AvgIpc) is 3.50. The zero-order valence-electron chi connectivity index (χ0n) is 17.3. The summed E-state index contributed by atoms with van der Waals surface area (Å²) in [6, 6.07) is 12.4. The first-order chi connectivity index (χ1) is 14.7. The van der Waals surface area contributed by atoms with Crippen molar-refractivity contribution in [3.05, 3.63) is 47.6 Å². The number of aromatic nitrogens is 3. The van der Waals surface area contributed by atoms with Crippen LogP contribution in [0.25, 0.3) is 11.4 Å². The fraction of sp³-hybridized carbons (Fsp3) is 0.381. The van der Waals surface area contributed by atoms with Gasteiger partial charge < -0.3 is 20.3 Å². The number of thiophene rings is 1. The number of hydrogen-bond acceptors (Lipinski definition) is 6. The van der Waals surface area contributed by atoms with E-state index in [-0.39, 0.29) is 0 Å². The Morgan fingerprint density at radius 3 is 2.73 bits per heavy atom. The molecular formula is C21H27N7OS. The van der Waals surface area contributed by atoms with Gasteiger partial charge in [0.1, 0.15) is 11.6 Å². The van der Waals surface area contributed by atoms with Crippen molar-refractivity contribution < 1.29 is 4.74 Å². The second-order valence-electron chi connectivity index (χ2n) is 7.12. The van der Waals surface area contributed by atoms with Gasteiger partial charge in [0.25, 0.3) is 0 Å². The van der Waals surface area contributed by atoms with Crippen molar-refractivity contribution in [1.29, 1.82) is 0 Å². The molecule has 2 aromatic heterocycles. The number of rotatable bonds is 6. The second kappa shape index (κ2) is 9.62. The Bertz CT molecular complexity index is 944. The topological polar surface area (TPSA) is 90.5 Å². The standard InChI is InChI=1S/C21H27N7OS/c1-22-21(24-16-9-11-28(12-10-16)19-4-3-13-30-19)23-14-18-25-20(27-26-18)15-5-7-17(29-2)8-6-15/h3-8,13,16H,9-12,14H2,1-2H3,(H2,22,23,24)(H,25,26,27). The van der Waals surface area contributed by atoms with E-state index in [4.69, 9.17) is 4.74 Å². The third-order valence-electron chi connectivity index (χ3n) is 5.18. The van der Waals surface area contributed by atoms with Crippen LogP contribution < -0.4 is 20.3 Å². The summed E-state index contributed by atoms with van der Waals surface area (Å²) in [5.41, 5.74) is 0.943. The van der Waals surface area contributed by atoms with Gasteiger partial charge in [-0.1, -0.05) is 0 Å². The van der Waals surface area contributed by atoms with Crippen molar-refractivity contribution in [2.24, 2.45) is 4.99 Å². The van der Waals surface area contributed by atoms with Crippen LogP contribution >= 0.6 is 11.3 Å². The molecule has 3 heterocycles. The van der Waals surface area contributed by atoms with Crippen molar-refractivity contribution in [3.8, 4) is 17.1 Å². The third-order valence-corrected chi connectivity index (χ3v) is 6.11. The molecule has 158 valence electrons. The lowest BCUT2D eigenvalue weighted by Gasteiger charge is -2.33. The fourth-order valence-corrected chi connectivity index (χ4v) is 4.28. The molecule has 30 heavy (non-hydrogen) atoms. The van der Waals surface area contributed by atoms with E-state index >= 15 is 0 Å². The summed E-state index contributed by atoms with van der Waals surface area (Å²) in [7, 11) is 3.44. The molecule has 0 atom stereocenters. The lowest BCUT2D eigenvalue weighted by molar-refractivity contribution is 0.415. The van der Waals surface area contributed by atoms with Gasteiger partial charge in [0.15, 0.2) is 11.8 Å². The van der Waals surface area contributed by atoms with Crippen LogP contribution in [-0.4, -0.2) is 54.4 Å². The minimum Gasteiger partial charge on any atom is -0.497 e. The van der Waals surface area contributed by atoms with Crippen LogP contribution in [0, 0.1) is 0 Å². The zero-order valence-corrected chi connectivity index (χ0v) is 18.1. The second-order valence-corrected chi connectivity index (χ2v) is 8.04. The molecule has 0 saturated carbocycles. The summed E-state index contributed by atoms with van der Waals surface area (Å²) in [6.45, 7) is 2.64. The first-order valence-electron chi connectivity index (χ1n) is 10.1. The first kappa shape index (κ1) is 20.2. The highest BCUT2D eigenvalue weighted by atomic mass is 32.1. The number of ether oxygens (including phenoxy) is 1. The zero-order chi connectivity index (χ0) is 20.8. The summed E-state index contributed by atoms with van der Waals surface area (Å²) in [5.74, 6) is 3.02. The molecule has 1 aromatic carbocycles. The van der Waals surface area contributed by atoms with Gasteiger partial charge in [-0.15, -0.1) is 11.3 Å². The summed E-state index contributed by atoms with van der Waals surface area (Å²) in [4.78, 5) is 11.4. The number of anilines is 1. The number of aromatic amines is 1. The number of nitrogens with one attached hydrogen (secondary N) is 3. The van der Waals surface area contributed by atoms with Crippen LogP contribution in [0.3, 0.4) is 0 Å². The summed E-state index contributed by atoms with van der Waals surface area (Å²) in [6.07, 6.45) is 2.17. The van der Waals surface area contributed by atoms with Gasteiger partial charge >= 0.3 is 0 Å². The van der Waals surface area contributed by atoms with Crippen LogP contribution in [0.15, 0.2) is 46.8 Å². The van der Waals surface area contributed by atoms with E-state index in [9.17, 15) is 0 Å². The molecule has 0 bridgehead atoms. The normalized spacial score (nSPS) is 15.3. The van der Waals surface area contributed by atoms with Crippen molar-refractivity contribution in [3.63, 3.8) is 0 Å². The smallest absolute Gasteiger partial charge is 0.191 e.